The molecule has 1 aromatic carbocycles. The first-order chi connectivity index (χ1) is 12.1. The fourth-order valence-electron chi connectivity index (χ4n) is 4.66. The maximum atomic E-state index is 15.3. The third-order valence-electron chi connectivity index (χ3n) is 6.04. The zero-order valence-corrected chi connectivity index (χ0v) is 14.8. The second-order valence-electron chi connectivity index (χ2n) is 7.49. The van der Waals surface area contributed by atoms with E-state index in [1.54, 1.807) is 12.0 Å². The number of morpholine rings is 1. The van der Waals surface area contributed by atoms with Crippen molar-refractivity contribution in [3.8, 4) is 5.75 Å². The zero-order valence-electron chi connectivity index (χ0n) is 14.8. The van der Waals surface area contributed by atoms with E-state index in [0.717, 1.165) is 43.4 Å². The summed E-state index contributed by atoms with van der Waals surface area (Å²) < 4.78 is 26.6. The van der Waals surface area contributed by atoms with Crippen molar-refractivity contribution in [2.45, 2.75) is 62.8 Å². The molecule has 25 heavy (non-hydrogen) atoms. The summed E-state index contributed by atoms with van der Waals surface area (Å²) in [5.74, 6) is 0.535. The predicted octanol–water partition coefficient (Wildman–Crippen LogP) is 3.58. The minimum atomic E-state index is -1.67. The van der Waals surface area contributed by atoms with E-state index >= 15 is 4.39 Å². The molecule has 2 fully saturated rings. The summed E-state index contributed by atoms with van der Waals surface area (Å²) in [5.41, 5.74) is 0.661. The monoisotopic (exact) mass is 347 g/mol. The third kappa shape index (κ3) is 2.92. The van der Waals surface area contributed by atoms with Gasteiger partial charge in [-0.25, -0.2) is 4.39 Å². The van der Waals surface area contributed by atoms with Crippen LogP contribution in [-0.4, -0.2) is 42.8 Å². The zero-order chi connectivity index (χ0) is 17.4. The number of carbonyl (C=O) groups excluding carboxylic acids is 1. The Labute approximate surface area is 148 Å². The first-order valence-corrected chi connectivity index (χ1v) is 9.41. The number of hydrogen-bond donors (Lipinski definition) is 0. The van der Waals surface area contributed by atoms with Gasteiger partial charge in [0.05, 0.1) is 19.8 Å². The Hall–Kier alpha value is -1.62. The average Bonchev–Trinajstić information content (AvgIpc) is 2.66. The first-order valence-electron chi connectivity index (χ1n) is 9.41. The number of ether oxygens (including phenoxy) is 2. The number of alkyl halides is 1. The van der Waals surface area contributed by atoms with Crippen LogP contribution < -0.4 is 4.74 Å². The third-order valence-corrected chi connectivity index (χ3v) is 6.04. The van der Waals surface area contributed by atoms with E-state index in [1.165, 1.54) is 5.56 Å². The molecule has 0 bridgehead atoms. The summed E-state index contributed by atoms with van der Waals surface area (Å²) in [7, 11) is 1.66. The number of rotatable bonds is 2. The highest BCUT2D eigenvalue weighted by atomic mass is 19.1. The van der Waals surface area contributed by atoms with Gasteiger partial charge in [-0.1, -0.05) is 12.5 Å². The second-order valence-corrected chi connectivity index (χ2v) is 7.49. The minimum absolute atomic E-state index is 0.0586. The molecule has 1 amide bonds. The lowest BCUT2D eigenvalue weighted by atomic mass is 9.81. The van der Waals surface area contributed by atoms with Gasteiger partial charge in [-0.3, -0.25) is 4.79 Å². The lowest BCUT2D eigenvalue weighted by molar-refractivity contribution is -0.162. The highest BCUT2D eigenvalue weighted by molar-refractivity contribution is 5.85. The molecule has 2 atom stereocenters. The van der Waals surface area contributed by atoms with Gasteiger partial charge in [-0.2, -0.15) is 0 Å². The number of nitrogens with zero attached hydrogens (tertiary/aromatic N) is 1. The number of amides is 1. The fraction of sp³-hybridized carbons (Fsp3) is 0.650. The molecule has 3 aliphatic rings. The van der Waals surface area contributed by atoms with E-state index < -0.39 is 5.67 Å². The minimum Gasteiger partial charge on any atom is -0.497 e. The van der Waals surface area contributed by atoms with E-state index in [1.807, 2.05) is 18.2 Å². The van der Waals surface area contributed by atoms with Crippen LogP contribution in [0.2, 0.25) is 0 Å². The van der Waals surface area contributed by atoms with Crippen LogP contribution in [0.1, 0.15) is 55.8 Å². The van der Waals surface area contributed by atoms with Crippen molar-refractivity contribution < 1.29 is 18.7 Å². The summed E-state index contributed by atoms with van der Waals surface area (Å²) in [4.78, 5) is 14.8. The van der Waals surface area contributed by atoms with E-state index in [2.05, 4.69) is 0 Å². The molecule has 1 heterocycles. The largest absolute Gasteiger partial charge is 0.497 e. The van der Waals surface area contributed by atoms with Gasteiger partial charge < -0.3 is 14.4 Å². The maximum absolute atomic E-state index is 15.3. The van der Waals surface area contributed by atoms with Gasteiger partial charge in [0.2, 0.25) is 0 Å². The summed E-state index contributed by atoms with van der Waals surface area (Å²) >= 11 is 0. The molecule has 0 spiro atoms. The normalized spacial score (nSPS) is 28.0. The van der Waals surface area contributed by atoms with Gasteiger partial charge in [-0.15, -0.1) is 0 Å². The molecular formula is C20H26FNO3. The van der Waals surface area contributed by atoms with Crippen molar-refractivity contribution in [3.63, 3.8) is 0 Å². The molecule has 1 saturated carbocycles. The molecule has 2 unspecified atom stereocenters. The number of fused-ring (bicyclic) bond motifs is 3. The van der Waals surface area contributed by atoms with Crippen molar-refractivity contribution in [3.05, 3.63) is 29.3 Å². The van der Waals surface area contributed by atoms with Crippen LogP contribution in [0.15, 0.2) is 18.2 Å². The van der Waals surface area contributed by atoms with Crippen LogP contribution >= 0.6 is 0 Å². The summed E-state index contributed by atoms with van der Waals surface area (Å²) in [5, 5.41) is 0. The van der Waals surface area contributed by atoms with Gasteiger partial charge in [-0.05, 0) is 61.8 Å². The van der Waals surface area contributed by atoms with Gasteiger partial charge in [0, 0.05) is 6.54 Å². The quantitative estimate of drug-likeness (QED) is 0.821. The molecule has 5 heteroatoms. The van der Waals surface area contributed by atoms with Gasteiger partial charge in [0.15, 0.2) is 5.67 Å². The topological polar surface area (TPSA) is 38.8 Å². The summed E-state index contributed by atoms with van der Waals surface area (Å²) in [6.07, 6.45) is 4.91. The smallest absolute Gasteiger partial charge is 0.260 e. The predicted molar refractivity (Wildman–Crippen MR) is 92.4 cm³/mol. The highest BCUT2D eigenvalue weighted by Gasteiger charge is 2.47. The van der Waals surface area contributed by atoms with Crippen molar-refractivity contribution in [1.29, 1.82) is 0 Å². The van der Waals surface area contributed by atoms with Gasteiger partial charge >= 0.3 is 0 Å². The standard InChI is InChI=1S/C20H26FNO3/c1-24-15-6-7-16-14(13-15)5-8-17-18(16)25-12-11-22(17)19(23)20(21)9-3-2-4-10-20/h6-7,13,17-18H,2-5,8-12H2,1H3. The molecular weight excluding hydrogens is 321 g/mol. The maximum Gasteiger partial charge on any atom is 0.260 e. The molecule has 0 aromatic heterocycles. The first kappa shape index (κ1) is 16.8. The van der Waals surface area contributed by atoms with Gasteiger partial charge in [0.25, 0.3) is 5.91 Å². The van der Waals surface area contributed by atoms with E-state index in [9.17, 15) is 4.79 Å². The van der Waals surface area contributed by atoms with Crippen molar-refractivity contribution in [1.82, 2.24) is 4.90 Å². The number of halogens is 1. The molecule has 0 radical (unpaired) electrons. The second kappa shape index (κ2) is 6.60. The van der Waals surface area contributed by atoms with Crippen molar-refractivity contribution >= 4 is 5.91 Å². The number of aryl methyl sites for hydroxylation is 1. The highest BCUT2D eigenvalue weighted by Crippen LogP contribution is 2.42. The fourth-order valence-corrected chi connectivity index (χ4v) is 4.66. The molecule has 1 saturated heterocycles. The van der Waals surface area contributed by atoms with Crippen LogP contribution in [0.3, 0.4) is 0 Å². The van der Waals surface area contributed by atoms with E-state index in [-0.39, 0.29) is 18.1 Å². The number of methoxy groups -OCH3 is 1. The Morgan fingerprint density at radius 2 is 2.12 bits per heavy atom. The average molecular weight is 347 g/mol. The van der Waals surface area contributed by atoms with Crippen LogP contribution in [0.25, 0.3) is 0 Å². The SMILES string of the molecule is COc1ccc2c(c1)CCC1C2OCCN1C(=O)C1(F)CCCCC1. The summed E-state index contributed by atoms with van der Waals surface area (Å²) in [6.45, 7) is 0.964. The van der Waals surface area contributed by atoms with Crippen molar-refractivity contribution in [2.24, 2.45) is 0 Å². The molecule has 4 nitrogen and oxygen atoms in total. The van der Waals surface area contributed by atoms with E-state index in [4.69, 9.17) is 9.47 Å². The number of benzene rings is 1. The Morgan fingerprint density at radius 1 is 1.32 bits per heavy atom. The molecule has 1 aromatic rings. The van der Waals surface area contributed by atoms with E-state index in [0.29, 0.717) is 26.0 Å². The number of carbonyl (C=O) groups is 1. The van der Waals surface area contributed by atoms with Gasteiger partial charge in [0.1, 0.15) is 11.9 Å². The Morgan fingerprint density at radius 3 is 2.88 bits per heavy atom. The molecule has 1 aliphatic heterocycles. The van der Waals surface area contributed by atoms with Crippen LogP contribution in [0, 0.1) is 0 Å². The molecule has 136 valence electrons. The number of hydrogen-bond acceptors (Lipinski definition) is 3. The Bertz CT molecular complexity index is 656. The Balaban J connectivity index is 1.59. The van der Waals surface area contributed by atoms with Crippen LogP contribution in [0.4, 0.5) is 4.39 Å². The Kier molecular flexibility index (Phi) is 4.44. The lowest BCUT2D eigenvalue weighted by Gasteiger charge is -2.46. The molecule has 4 rings (SSSR count). The summed E-state index contributed by atoms with van der Waals surface area (Å²) in [6, 6.07) is 5.96. The van der Waals surface area contributed by atoms with Crippen LogP contribution in [0.5, 0.6) is 5.75 Å². The van der Waals surface area contributed by atoms with Crippen LogP contribution in [-0.2, 0) is 16.0 Å². The molecule has 0 N–H and O–H groups in total. The lowest BCUT2D eigenvalue weighted by Crippen LogP contribution is -2.57. The molecule has 2 aliphatic carbocycles. The van der Waals surface area contributed by atoms with Crippen molar-refractivity contribution in [2.75, 3.05) is 20.3 Å².